The average molecular weight is 385 g/mol. The van der Waals surface area contributed by atoms with Crippen molar-refractivity contribution in [2.45, 2.75) is 6.17 Å². The number of benzene rings is 4. The van der Waals surface area contributed by atoms with Gasteiger partial charge in [0.1, 0.15) is 6.17 Å². The van der Waals surface area contributed by atoms with E-state index in [-0.39, 0.29) is 12.1 Å². The molecule has 1 aliphatic heterocycles. The average Bonchev–Trinajstić information content (AvgIpc) is 2.74. The minimum Gasteiger partial charge on any atom is -0.360 e. The van der Waals surface area contributed by atoms with Crippen LogP contribution in [-0.4, -0.2) is 5.91 Å². The molecular formula is C24H17ClN2O. The van der Waals surface area contributed by atoms with E-state index in [2.05, 4.69) is 29.6 Å². The normalized spacial score (nSPS) is 16.0. The van der Waals surface area contributed by atoms with Crippen LogP contribution in [0, 0.1) is 0 Å². The first kappa shape index (κ1) is 16.8. The van der Waals surface area contributed by atoms with E-state index in [0.29, 0.717) is 10.6 Å². The molecule has 1 heterocycles. The molecule has 0 aromatic heterocycles. The van der Waals surface area contributed by atoms with Gasteiger partial charge < -0.3 is 5.32 Å². The van der Waals surface area contributed by atoms with Crippen LogP contribution in [0.5, 0.6) is 0 Å². The van der Waals surface area contributed by atoms with Crippen molar-refractivity contribution >= 4 is 39.7 Å². The molecule has 0 unspecified atom stereocenters. The monoisotopic (exact) mass is 384 g/mol. The van der Waals surface area contributed by atoms with E-state index in [1.54, 1.807) is 0 Å². The van der Waals surface area contributed by atoms with E-state index in [1.165, 1.54) is 0 Å². The Morgan fingerprint density at radius 1 is 0.786 bits per heavy atom. The molecule has 1 aliphatic rings. The highest BCUT2D eigenvalue weighted by molar-refractivity contribution is 6.30. The summed E-state index contributed by atoms with van der Waals surface area (Å²) in [5, 5.41) is 6.44. The van der Waals surface area contributed by atoms with Crippen molar-refractivity contribution in [3.8, 4) is 0 Å². The maximum absolute atomic E-state index is 13.5. The van der Waals surface area contributed by atoms with Gasteiger partial charge >= 0.3 is 0 Å². The van der Waals surface area contributed by atoms with E-state index in [4.69, 9.17) is 11.6 Å². The van der Waals surface area contributed by atoms with Gasteiger partial charge in [0, 0.05) is 16.4 Å². The Labute approximate surface area is 168 Å². The van der Waals surface area contributed by atoms with Crippen molar-refractivity contribution in [1.29, 1.82) is 0 Å². The highest BCUT2D eigenvalue weighted by Crippen LogP contribution is 2.37. The number of nitrogens with one attached hydrogen (secondary N) is 1. The summed E-state index contributed by atoms with van der Waals surface area (Å²) in [5.41, 5.74) is 3.33. The van der Waals surface area contributed by atoms with E-state index in [0.717, 1.165) is 27.7 Å². The van der Waals surface area contributed by atoms with Gasteiger partial charge in [0.15, 0.2) is 0 Å². The molecule has 0 saturated heterocycles. The summed E-state index contributed by atoms with van der Waals surface area (Å²) < 4.78 is 0. The molecule has 28 heavy (non-hydrogen) atoms. The van der Waals surface area contributed by atoms with Crippen LogP contribution in [0.3, 0.4) is 0 Å². The first-order valence-electron chi connectivity index (χ1n) is 9.14. The smallest absolute Gasteiger partial charge is 0.262 e. The molecule has 0 saturated carbocycles. The minimum absolute atomic E-state index is 0.0235. The number of hydrogen-bond donors (Lipinski definition) is 1. The van der Waals surface area contributed by atoms with E-state index < -0.39 is 0 Å². The maximum atomic E-state index is 13.5. The predicted molar refractivity (Wildman–Crippen MR) is 115 cm³/mol. The predicted octanol–water partition coefficient (Wildman–Crippen LogP) is 6.26. The Morgan fingerprint density at radius 3 is 2.32 bits per heavy atom. The van der Waals surface area contributed by atoms with Crippen LogP contribution in [0.25, 0.3) is 10.8 Å². The van der Waals surface area contributed by atoms with Gasteiger partial charge in [0.2, 0.25) is 0 Å². The second-order valence-electron chi connectivity index (χ2n) is 6.85. The Morgan fingerprint density at radius 2 is 1.50 bits per heavy atom. The number of halogens is 1. The number of fused-ring (bicyclic) bond motifs is 2. The summed E-state index contributed by atoms with van der Waals surface area (Å²) in [6, 6.07) is 29.5. The lowest BCUT2D eigenvalue weighted by Crippen LogP contribution is -2.43. The van der Waals surface area contributed by atoms with Gasteiger partial charge in [-0.2, -0.15) is 0 Å². The molecule has 1 atom stereocenters. The lowest BCUT2D eigenvalue weighted by atomic mass is 10.0. The lowest BCUT2D eigenvalue weighted by molar-refractivity contribution is 0.0975. The van der Waals surface area contributed by atoms with E-state index in [9.17, 15) is 4.79 Å². The third kappa shape index (κ3) is 2.81. The van der Waals surface area contributed by atoms with Crippen LogP contribution in [0.1, 0.15) is 22.1 Å². The molecule has 4 aromatic rings. The molecule has 0 spiro atoms. The number of para-hydroxylation sites is 1. The quantitative estimate of drug-likeness (QED) is 0.442. The molecular weight excluding hydrogens is 368 g/mol. The molecule has 0 fully saturated rings. The third-order valence-corrected chi connectivity index (χ3v) is 5.38. The summed E-state index contributed by atoms with van der Waals surface area (Å²) in [7, 11) is 0. The lowest BCUT2D eigenvalue weighted by Gasteiger charge is -2.38. The molecule has 1 amide bonds. The van der Waals surface area contributed by atoms with Crippen molar-refractivity contribution < 1.29 is 4.79 Å². The van der Waals surface area contributed by atoms with Crippen molar-refractivity contribution in [3.05, 3.63) is 107 Å². The Balaban J connectivity index is 1.68. The highest BCUT2D eigenvalue weighted by Gasteiger charge is 2.34. The Bertz CT molecular complexity index is 1190. The third-order valence-electron chi connectivity index (χ3n) is 5.12. The van der Waals surface area contributed by atoms with Crippen molar-refractivity contribution in [2.24, 2.45) is 0 Å². The second-order valence-corrected chi connectivity index (χ2v) is 7.29. The fourth-order valence-corrected chi connectivity index (χ4v) is 3.85. The van der Waals surface area contributed by atoms with Gasteiger partial charge in [-0.1, -0.05) is 66.2 Å². The van der Waals surface area contributed by atoms with Crippen molar-refractivity contribution in [2.75, 3.05) is 10.2 Å². The molecule has 0 bridgehead atoms. The molecule has 1 N–H and O–H groups in total. The van der Waals surface area contributed by atoms with Gasteiger partial charge in [-0.25, -0.2) is 0 Å². The first-order valence-corrected chi connectivity index (χ1v) is 9.52. The molecule has 0 aliphatic carbocycles. The van der Waals surface area contributed by atoms with Gasteiger partial charge in [0.05, 0.1) is 5.56 Å². The van der Waals surface area contributed by atoms with Crippen LogP contribution < -0.4 is 10.2 Å². The summed E-state index contributed by atoms with van der Waals surface area (Å²) in [6.07, 6.45) is -0.319. The van der Waals surface area contributed by atoms with Crippen molar-refractivity contribution in [1.82, 2.24) is 0 Å². The number of anilines is 2. The van der Waals surface area contributed by atoms with Crippen LogP contribution in [0.2, 0.25) is 5.02 Å². The molecule has 4 aromatic carbocycles. The molecule has 136 valence electrons. The second kappa shape index (κ2) is 6.70. The summed E-state index contributed by atoms with van der Waals surface area (Å²) >= 11 is 6.08. The number of nitrogens with zero attached hydrogens (tertiary/aromatic N) is 1. The highest BCUT2D eigenvalue weighted by atomic mass is 35.5. The number of hydrogen-bond acceptors (Lipinski definition) is 2. The Hall–Kier alpha value is -3.30. The minimum atomic E-state index is -0.319. The van der Waals surface area contributed by atoms with E-state index >= 15 is 0 Å². The molecule has 4 heteroatoms. The van der Waals surface area contributed by atoms with Crippen LogP contribution >= 0.6 is 11.6 Å². The number of rotatable bonds is 2. The van der Waals surface area contributed by atoms with Crippen LogP contribution in [0.15, 0.2) is 91.0 Å². The number of carbonyl (C=O) groups excluding carboxylic acids is 1. The van der Waals surface area contributed by atoms with Gasteiger partial charge in [-0.3, -0.25) is 9.69 Å². The first-order chi connectivity index (χ1) is 13.7. The molecule has 3 nitrogen and oxygen atoms in total. The number of amides is 1. The summed E-state index contributed by atoms with van der Waals surface area (Å²) in [6.45, 7) is 0. The van der Waals surface area contributed by atoms with Gasteiger partial charge in [-0.15, -0.1) is 0 Å². The van der Waals surface area contributed by atoms with Crippen LogP contribution in [-0.2, 0) is 0 Å². The van der Waals surface area contributed by atoms with Crippen molar-refractivity contribution in [3.63, 3.8) is 0 Å². The largest absolute Gasteiger partial charge is 0.360 e. The fraction of sp³-hybridized carbons (Fsp3) is 0.0417. The summed E-state index contributed by atoms with van der Waals surface area (Å²) in [5.74, 6) is -0.0235. The van der Waals surface area contributed by atoms with E-state index in [1.807, 2.05) is 71.6 Å². The Kier molecular flexibility index (Phi) is 4.03. The molecule has 0 radical (unpaired) electrons. The fourth-order valence-electron chi connectivity index (χ4n) is 3.72. The zero-order valence-corrected chi connectivity index (χ0v) is 15.7. The molecule has 5 rings (SSSR count). The van der Waals surface area contributed by atoms with Gasteiger partial charge in [0.25, 0.3) is 5.91 Å². The standard InChI is InChI=1S/C24H17ClN2O/c25-19-12-9-17(10-13-19)23-26-22-8-4-3-7-21(22)24(28)27(23)20-14-11-16-5-1-2-6-18(16)15-20/h1-15,23,26H/t23-/m0/s1. The maximum Gasteiger partial charge on any atom is 0.262 e. The zero-order chi connectivity index (χ0) is 19.1. The zero-order valence-electron chi connectivity index (χ0n) is 15.0. The topological polar surface area (TPSA) is 32.3 Å². The summed E-state index contributed by atoms with van der Waals surface area (Å²) in [4.78, 5) is 15.3. The SMILES string of the molecule is O=C1c2ccccc2N[C@H](c2ccc(Cl)cc2)N1c1ccc2ccccc2c1. The van der Waals surface area contributed by atoms with Gasteiger partial charge in [-0.05, 0) is 52.7 Å². The van der Waals surface area contributed by atoms with Crippen LogP contribution in [0.4, 0.5) is 11.4 Å². The number of carbonyl (C=O) groups is 1.